The summed E-state index contributed by atoms with van der Waals surface area (Å²) in [7, 11) is 5.72. The molecule has 2 aromatic heterocycles. The molecule has 0 aliphatic rings. The first-order valence-electron chi connectivity index (χ1n) is 8.56. The Morgan fingerprint density at radius 3 is 2.54 bits per heavy atom. The molecule has 0 bridgehead atoms. The molecule has 9 heteroatoms. The van der Waals surface area contributed by atoms with Crippen molar-refractivity contribution in [3.8, 4) is 5.75 Å². The molecular formula is C19H23BrClN3O2S2. The Kier molecular flexibility index (Phi) is 8.27. The molecule has 0 saturated heterocycles. The maximum atomic E-state index is 13.2. The van der Waals surface area contributed by atoms with Crippen LogP contribution in [-0.4, -0.2) is 50.1 Å². The fourth-order valence-corrected chi connectivity index (χ4v) is 5.18. The first kappa shape index (κ1) is 23.1. The van der Waals surface area contributed by atoms with Crippen LogP contribution in [0.15, 0.2) is 28.1 Å². The first-order chi connectivity index (χ1) is 12.9. The minimum atomic E-state index is -0.0138. The van der Waals surface area contributed by atoms with Gasteiger partial charge in [-0.2, -0.15) is 0 Å². The van der Waals surface area contributed by atoms with Crippen LogP contribution in [0.5, 0.6) is 5.75 Å². The molecule has 0 N–H and O–H groups in total. The van der Waals surface area contributed by atoms with Gasteiger partial charge in [-0.1, -0.05) is 17.4 Å². The van der Waals surface area contributed by atoms with E-state index in [0.29, 0.717) is 16.6 Å². The van der Waals surface area contributed by atoms with Crippen LogP contribution in [0.25, 0.3) is 10.2 Å². The molecule has 0 spiro atoms. The van der Waals surface area contributed by atoms with E-state index in [4.69, 9.17) is 9.72 Å². The van der Waals surface area contributed by atoms with E-state index in [0.717, 1.165) is 38.3 Å². The molecule has 0 fully saturated rings. The summed E-state index contributed by atoms with van der Waals surface area (Å²) in [5.41, 5.74) is 1.95. The van der Waals surface area contributed by atoms with E-state index < -0.39 is 0 Å². The molecule has 0 radical (unpaired) electrons. The summed E-state index contributed by atoms with van der Waals surface area (Å²) in [6.07, 6.45) is 0.872. The third-order valence-corrected chi connectivity index (χ3v) is 6.98. The zero-order valence-corrected chi connectivity index (χ0v) is 20.2. The van der Waals surface area contributed by atoms with Crippen LogP contribution in [0.1, 0.15) is 21.7 Å². The second-order valence-corrected chi connectivity index (χ2v) is 9.92. The Morgan fingerprint density at radius 2 is 1.93 bits per heavy atom. The van der Waals surface area contributed by atoms with Gasteiger partial charge >= 0.3 is 0 Å². The maximum Gasteiger partial charge on any atom is 0.270 e. The van der Waals surface area contributed by atoms with Crippen molar-refractivity contribution >= 4 is 72.3 Å². The van der Waals surface area contributed by atoms with Gasteiger partial charge in [0.1, 0.15) is 11.3 Å². The molecule has 0 atom stereocenters. The number of benzene rings is 1. The number of anilines is 1. The van der Waals surface area contributed by atoms with Crippen molar-refractivity contribution < 1.29 is 9.53 Å². The van der Waals surface area contributed by atoms with Crippen LogP contribution < -0.4 is 9.64 Å². The summed E-state index contributed by atoms with van der Waals surface area (Å²) >= 11 is 6.43. The van der Waals surface area contributed by atoms with Crippen molar-refractivity contribution in [3.63, 3.8) is 0 Å². The number of rotatable bonds is 7. The van der Waals surface area contributed by atoms with E-state index >= 15 is 0 Å². The van der Waals surface area contributed by atoms with Crippen LogP contribution in [0.2, 0.25) is 0 Å². The number of amides is 1. The van der Waals surface area contributed by atoms with Crippen LogP contribution in [0, 0.1) is 6.92 Å². The number of thiophene rings is 1. The van der Waals surface area contributed by atoms with Gasteiger partial charge < -0.3 is 9.64 Å². The van der Waals surface area contributed by atoms with Gasteiger partial charge in [-0.15, -0.1) is 23.7 Å². The highest BCUT2D eigenvalue weighted by Crippen LogP contribution is 2.37. The Bertz CT molecular complexity index is 958. The zero-order chi connectivity index (χ0) is 19.6. The topological polar surface area (TPSA) is 45.7 Å². The van der Waals surface area contributed by atoms with Crippen LogP contribution in [0.3, 0.4) is 0 Å². The minimum Gasteiger partial charge on any atom is -0.494 e. The van der Waals surface area contributed by atoms with Gasteiger partial charge in [0.25, 0.3) is 5.91 Å². The highest BCUT2D eigenvalue weighted by Gasteiger charge is 2.23. The molecule has 2 heterocycles. The third kappa shape index (κ3) is 5.04. The largest absolute Gasteiger partial charge is 0.494 e. The number of hydrogen-bond acceptors (Lipinski definition) is 6. The molecule has 0 unspecified atom stereocenters. The second-order valence-electron chi connectivity index (χ2n) is 6.48. The lowest BCUT2D eigenvalue weighted by atomic mass is 10.2. The highest BCUT2D eigenvalue weighted by molar-refractivity contribution is 9.11. The van der Waals surface area contributed by atoms with E-state index in [-0.39, 0.29) is 18.3 Å². The Balaban J connectivity index is 0.00000280. The number of carbonyl (C=O) groups is 1. The van der Waals surface area contributed by atoms with Gasteiger partial charge in [0, 0.05) is 6.54 Å². The van der Waals surface area contributed by atoms with Crippen molar-refractivity contribution in [3.05, 3.63) is 38.5 Å². The van der Waals surface area contributed by atoms with Crippen LogP contribution >= 0.6 is 51.0 Å². The van der Waals surface area contributed by atoms with E-state index in [9.17, 15) is 4.79 Å². The van der Waals surface area contributed by atoms with E-state index in [1.54, 1.807) is 23.3 Å². The summed E-state index contributed by atoms with van der Waals surface area (Å²) in [6.45, 7) is 3.58. The fourth-order valence-electron chi connectivity index (χ4n) is 2.77. The predicted octanol–water partition coefficient (Wildman–Crippen LogP) is 5.46. The van der Waals surface area contributed by atoms with Gasteiger partial charge in [-0.3, -0.25) is 9.69 Å². The average Bonchev–Trinajstić information content (AvgIpc) is 3.25. The molecule has 1 aromatic carbocycles. The summed E-state index contributed by atoms with van der Waals surface area (Å²) in [6, 6.07) is 7.71. The molecule has 0 aliphatic carbocycles. The molecule has 28 heavy (non-hydrogen) atoms. The molecule has 3 rings (SSSR count). The molecule has 0 aliphatic heterocycles. The van der Waals surface area contributed by atoms with Crippen LogP contribution in [0.4, 0.5) is 5.13 Å². The molecule has 152 valence electrons. The Labute approximate surface area is 187 Å². The van der Waals surface area contributed by atoms with Crippen molar-refractivity contribution in [1.29, 1.82) is 0 Å². The van der Waals surface area contributed by atoms with Crippen molar-refractivity contribution in [2.45, 2.75) is 13.3 Å². The summed E-state index contributed by atoms with van der Waals surface area (Å²) in [5.74, 6) is 0.720. The van der Waals surface area contributed by atoms with Gasteiger partial charge in [0.05, 0.1) is 20.5 Å². The number of aromatic nitrogens is 1. The van der Waals surface area contributed by atoms with E-state index in [1.807, 2.05) is 38.4 Å². The quantitative estimate of drug-likeness (QED) is 0.429. The Morgan fingerprint density at radius 1 is 1.18 bits per heavy atom. The monoisotopic (exact) mass is 503 g/mol. The number of halogens is 2. The lowest BCUT2D eigenvalue weighted by Crippen LogP contribution is -2.32. The van der Waals surface area contributed by atoms with E-state index in [1.165, 1.54) is 11.3 Å². The summed E-state index contributed by atoms with van der Waals surface area (Å²) in [5, 5.41) is 0.714. The number of methoxy groups -OCH3 is 1. The highest BCUT2D eigenvalue weighted by atomic mass is 79.9. The lowest BCUT2D eigenvalue weighted by molar-refractivity contribution is 0.0990. The fraction of sp³-hybridized carbons (Fsp3) is 0.368. The molecule has 0 saturated carbocycles. The zero-order valence-electron chi connectivity index (χ0n) is 16.2. The molecule has 5 nitrogen and oxygen atoms in total. The number of fused-ring (bicyclic) bond motifs is 1. The number of thiazole rings is 1. The van der Waals surface area contributed by atoms with Gasteiger partial charge in [-0.25, -0.2) is 4.98 Å². The molecule has 1 amide bonds. The number of ether oxygens (including phenoxy) is 1. The smallest absolute Gasteiger partial charge is 0.270 e. The van der Waals surface area contributed by atoms with Gasteiger partial charge in [0.15, 0.2) is 5.13 Å². The standard InChI is InChI=1S/C19H22BrN3O2S2.ClH/c1-12-6-7-13(25-4)16-17(12)27-19(21-16)23(11-5-10-22(2)3)18(24)14-8-9-15(20)26-14;/h6-9H,5,10-11H2,1-4H3;1H. The number of aryl methyl sites for hydroxylation is 1. The minimum absolute atomic E-state index is 0. The first-order valence-corrected chi connectivity index (χ1v) is 11.0. The normalized spacial score (nSPS) is 10.9. The number of carbonyl (C=O) groups excluding carboxylic acids is 1. The van der Waals surface area contributed by atoms with Crippen molar-refractivity contribution in [2.75, 3.05) is 39.2 Å². The third-order valence-electron chi connectivity index (χ3n) is 4.16. The van der Waals surface area contributed by atoms with Gasteiger partial charge in [-0.05, 0) is 73.7 Å². The summed E-state index contributed by atoms with van der Waals surface area (Å²) < 4.78 is 7.47. The predicted molar refractivity (Wildman–Crippen MR) is 125 cm³/mol. The molecular weight excluding hydrogens is 482 g/mol. The Hall–Kier alpha value is -1.19. The number of hydrogen-bond donors (Lipinski definition) is 0. The molecule has 3 aromatic rings. The lowest BCUT2D eigenvalue weighted by Gasteiger charge is -2.20. The van der Waals surface area contributed by atoms with E-state index in [2.05, 4.69) is 27.8 Å². The van der Waals surface area contributed by atoms with Gasteiger partial charge in [0.2, 0.25) is 0 Å². The summed E-state index contributed by atoms with van der Waals surface area (Å²) in [4.78, 5) is 22.6. The second kappa shape index (κ2) is 10.0. The average molecular weight is 505 g/mol. The SMILES string of the molecule is COc1ccc(C)c2sc(N(CCCN(C)C)C(=O)c3ccc(Br)s3)nc12.Cl. The van der Waals surface area contributed by atoms with Crippen molar-refractivity contribution in [2.24, 2.45) is 0 Å². The number of nitrogens with zero attached hydrogens (tertiary/aromatic N) is 3. The van der Waals surface area contributed by atoms with Crippen LogP contribution in [-0.2, 0) is 0 Å². The maximum absolute atomic E-state index is 13.2. The van der Waals surface area contributed by atoms with Crippen molar-refractivity contribution in [1.82, 2.24) is 9.88 Å².